The number of anilines is 1. The quantitative estimate of drug-likeness (QED) is 0.831. The topological polar surface area (TPSA) is 58.6 Å². The minimum absolute atomic E-state index is 0.0185. The zero-order valence-electron chi connectivity index (χ0n) is 13.9. The predicted molar refractivity (Wildman–Crippen MR) is 99.4 cm³/mol. The van der Waals surface area contributed by atoms with Crippen LogP contribution in [0.25, 0.3) is 0 Å². The maximum absolute atomic E-state index is 11.9. The van der Waals surface area contributed by atoms with Crippen LogP contribution in [0.5, 0.6) is 5.75 Å². The lowest BCUT2D eigenvalue weighted by atomic mass is 10.1. The van der Waals surface area contributed by atoms with Gasteiger partial charge in [0.05, 0.1) is 11.4 Å². The van der Waals surface area contributed by atoms with E-state index in [1.54, 1.807) is 56.6 Å². The van der Waals surface area contributed by atoms with Crippen molar-refractivity contribution in [2.45, 2.75) is 6.42 Å². The summed E-state index contributed by atoms with van der Waals surface area (Å²) in [5.74, 6) is 0.0897. The first-order valence-corrected chi connectivity index (χ1v) is 8.27. The molecule has 2 aromatic rings. The Balaban J connectivity index is 1.87. The normalized spacial score (nSPS) is 10.2. The van der Waals surface area contributed by atoms with Crippen LogP contribution in [0.15, 0.2) is 42.5 Å². The molecule has 2 aromatic carbocycles. The minimum Gasteiger partial charge on any atom is -0.482 e. The van der Waals surface area contributed by atoms with E-state index in [0.29, 0.717) is 27.9 Å². The van der Waals surface area contributed by atoms with Gasteiger partial charge in [0.2, 0.25) is 5.91 Å². The summed E-state index contributed by atoms with van der Waals surface area (Å²) in [5.41, 5.74) is 1.50. The molecule has 2 rings (SSSR count). The Morgan fingerprint density at radius 2 is 1.76 bits per heavy atom. The van der Waals surface area contributed by atoms with Crippen LogP contribution < -0.4 is 10.1 Å². The number of carbonyl (C=O) groups excluding carboxylic acids is 2. The van der Waals surface area contributed by atoms with Crippen LogP contribution in [-0.4, -0.2) is 37.4 Å². The van der Waals surface area contributed by atoms with E-state index in [9.17, 15) is 9.59 Å². The molecule has 25 heavy (non-hydrogen) atoms. The first kappa shape index (κ1) is 19.1. The Hall–Kier alpha value is -2.24. The van der Waals surface area contributed by atoms with Gasteiger partial charge in [-0.1, -0.05) is 35.3 Å². The van der Waals surface area contributed by atoms with Crippen LogP contribution in [0.4, 0.5) is 5.69 Å². The molecule has 0 spiro atoms. The molecule has 0 saturated heterocycles. The summed E-state index contributed by atoms with van der Waals surface area (Å²) in [5, 5.41) is 3.56. The molecule has 1 N–H and O–H groups in total. The minimum atomic E-state index is -0.317. The molecule has 0 atom stereocenters. The second kappa shape index (κ2) is 8.74. The van der Waals surface area contributed by atoms with E-state index in [4.69, 9.17) is 27.9 Å². The number of rotatable bonds is 6. The number of carbonyl (C=O) groups is 2. The number of ether oxygens (including phenoxy) is 1. The predicted octanol–water partition coefficient (Wildman–Crippen LogP) is 3.64. The Morgan fingerprint density at radius 3 is 2.36 bits per heavy atom. The summed E-state index contributed by atoms with van der Waals surface area (Å²) < 4.78 is 5.38. The highest BCUT2D eigenvalue weighted by atomic mass is 35.5. The number of benzene rings is 2. The highest BCUT2D eigenvalue weighted by Crippen LogP contribution is 2.27. The standard InChI is InChI=1S/C18H18Cl2N2O3/c1-22(2)18(24)9-12-3-6-14(7-4-12)21-17(23)11-25-16-8-5-13(19)10-15(16)20/h3-8,10H,9,11H2,1-2H3,(H,21,23). The van der Waals surface area contributed by atoms with Crippen molar-refractivity contribution in [1.29, 1.82) is 0 Å². The van der Waals surface area contributed by atoms with Crippen LogP contribution in [0.1, 0.15) is 5.56 Å². The van der Waals surface area contributed by atoms with Crippen molar-refractivity contribution >= 4 is 40.7 Å². The summed E-state index contributed by atoms with van der Waals surface area (Å²) in [6.45, 7) is -0.178. The third-order valence-corrected chi connectivity index (χ3v) is 3.88. The molecular formula is C18H18Cl2N2O3. The van der Waals surface area contributed by atoms with Crippen LogP contribution >= 0.6 is 23.2 Å². The molecule has 5 nitrogen and oxygen atoms in total. The molecule has 0 bridgehead atoms. The fourth-order valence-electron chi connectivity index (χ4n) is 1.97. The van der Waals surface area contributed by atoms with Crippen molar-refractivity contribution in [3.63, 3.8) is 0 Å². The van der Waals surface area contributed by atoms with Gasteiger partial charge in [0.25, 0.3) is 5.91 Å². The Kier molecular flexibility index (Phi) is 6.67. The van der Waals surface area contributed by atoms with Crippen LogP contribution in [0, 0.1) is 0 Å². The lowest BCUT2D eigenvalue weighted by Crippen LogP contribution is -2.23. The van der Waals surface area contributed by atoms with Crippen LogP contribution in [-0.2, 0) is 16.0 Å². The first-order chi connectivity index (χ1) is 11.8. The number of halogens is 2. The van der Waals surface area contributed by atoms with Gasteiger partial charge in [-0.2, -0.15) is 0 Å². The number of nitrogens with zero attached hydrogens (tertiary/aromatic N) is 1. The molecule has 0 unspecified atom stereocenters. The number of hydrogen-bond donors (Lipinski definition) is 1. The molecular weight excluding hydrogens is 363 g/mol. The summed E-state index contributed by atoms with van der Waals surface area (Å²) >= 11 is 11.8. The van der Waals surface area contributed by atoms with Crippen LogP contribution in [0.3, 0.4) is 0 Å². The van der Waals surface area contributed by atoms with Gasteiger partial charge in [-0.25, -0.2) is 0 Å². The molecule has 0 aliphatic heterocycles. The van der Waals surface area contributed by atoms with Gasteiger partial charge in [-0.15, -0.1) is 0 Å². The molecule has 0 aliphatic carbocycles. The summed E-state index contributed by atoms with van der Waals surface area (Å²) in [4.78, 5) is 25.2. The van der Waals surface area contributed by atoms with Gasteiger partial charge in [0.1, 0.15) is 5.75 Å². The van der Waals surface area contributed by atoms with E-state index in [-0.39, 0.29) is 18.4 Å². The average molecular weight is 381 g/mol. The average Bonchev–Trinajstić information content (AvgIpc) is 2.55. The number of nitrogens with one attached hydrogen (secondary N) is 1. The molecule has 0 aliphatic rings. The summed E-state index contributed by atoms with van der Waals surface area (Å²) in [7, 11) is 3.42. The van der Waals surface area contributed by atoms with Gasteiger partial charge >= 0.3 is 0 Å². The van der Waals surface area contributed by atoms with Gasteiger partial charge in [-0.3, -0.25) is 9.59 Å². The molecule has 132 valence electrons. The third kappa shape index (κ3) is 5.96. The summed E-state index contributed by atoms with van der Waals surface area (Å²) in [6, 6.07) is 11.9. The Morgan fingerprint density at radius 1 is 1.08 bits per heavy atom. The monoisotopic (exact) mass is 380 g/mol. The van der Waals surface area contributed by atoms with E-state index in [0.717, 1.165) is 5.56 Å². The largest absolute Gasteiger partial charge is 0.482 e. The molecule has 2 amide bonds. The fourth-order valence-corrected chi connectivity index (χ4v) is 2.43. The maximum atomic E-state index is 11.9. The van der Waals surface area contributed by atoms with Crippen molar-refractivity contribution in [3.05, 3.63) is 58.1 Å². The second-order valence-electron chi connectivity index (χ2n) is 5.57. The van der Waals surface area contributed by atoms with Crippen molar-refractivity contribution in [2.24, 2.45) is 0 Å². The number of likely N-dealkylation sites (N-methyl/N-ethyl adjacent to an activating group) is 1. The third-order valence-electron chi connectivity index (χ3n) is 3.34. The van der Waals surface area contributed by atoms with E-state index in [1.165, 1.54) is 4.90 Å². The summed E-state index contributed by atoms with van der Waals surface area (Å²) in [6.07, 6.45) is 0.319. The van der Waals surface area contributed by atoms with Crippen molar-refractivity contribution in [1.82, 2.24) is 4.90 Å². The highest BCUT2D eigenvalue weighted by molar-refractivity contribution is 6.35. The first-order valence-electron chi connectivity index (χ1n) is 7.52. The Labute approximate surface area is 156 Å². The zero-order chi connectivity index (χ0) is 18.4. The molecule has 0 aromatic heterocycles. The lowest BCUT2D eigenvalue weighted by molar-refractivity contribution is -0.128. The highest BCUT2D eigenvalue weighted by Gasteiger charge is 2.08. The fraction of sp³-hybridized carbons (Fsp3) is 0.222. The van der Waals surface area contributed by atoms with Gasteiger partial charge in [-0.05, 0) is 35.9 Å². The molecule has 7 heteroatoms. The molecule has 0 heterocycles. The van der Waals surface area contributed by atoms with E-state index in [2.05, 4.69) is 5.32 Å². The SMILES string of the molecule is CN(C)C(=O)Cc1ccc(NC(=O)COc2ccc(Cl)cc2Cl)cc1. The molecule has 0 saturated carbocycles. The van der Waals surface area contributed by atoms with E-state index in [1.807, 2.05) is 0 Å². The van der Waals surface area contributed by atoms with Gasteiger partial charge in [0, 0.05) is 24.8 Å². The van der Waals surface area contributed by atoms with Crippen LogP contribution in [0.2, 0.25) is 10.0 Å². The lowest BCUT2D eigenvalue weighted by Gasteiger charge is -2.11. The van der Waals surface area contributed by atoms with Gasteiger partial charge < -0.3 is 15.0 Å². The number of hydrogen-bond acceptors (Lipinski definition) is 3. The maximum Gasteiger partial charge on any atom is 0.262 e. The Bertz CT molecular complexity index is 761. The molecule has 0 radical (unpaired) electrons. The van der Waals surface area contributed by atoms with Crippen molar-refractivity contribution in [2.75, 3.05) is 26.0 Å². The van der Waals surface area contributed by atoms with Crippen molar-refractivity contribution in [3.8, 4) is 5.75 Å². The molecule has 0 fully saturated rings. The van der Waals surface area contributed by atoms with E-state index >= 15 is 0 Å². The number of amides is 2. The van der Waals surface area contributed by atoms with E-state index < -0.39 is 0 Å². The van der Waals surface area contributed by atoms with Gasteiger partial charge in [0.15, 0.2) is 6.61 Å². The van der Waals surface area contributed by atoms with Crippen molar-refractivity contribution < 1.29 is 14.3 Å². The second-order valence-corrected chi connectivity index (χ2v) is 6.42. The zero-order valence-corrected chi connectivity index (χ0v) is 15.4. The smallest absolute Gasteiger partial charge is 0.262 e.